The van der Waals surface area contributed by atoms with Gasteiger partial charge < -0.3 is 5.73 Å². The predicted molar refractivity (Wildman–Crippen MR) is 86.6 cm³/mol. The van der Waals surface area contributed by atoms with Gasteiger partial charge in [-0.3, -0.25) is 4.68 Å². The molecule has 1 aromatic carbocycles. The minimum absolute atomic E-state index is 0.160. The summed E-state index contributed by atoms with van der Waals surface area (Å²) in [5.74, 6) is 0.756. The second-order valence-corrected chi connectivity index (χ2v) is 6.93. The third kappa shape index (κ3) is 2.16. The highest BCUT2D eigenvalue weighted by molar-refractivity contribution is 9.10. The van der Waals surface area contributed by atoms with Gasteiger partial charge in [0.2, 0.25) is 0 Å². The van der Waals surface area contributed by atoms with Gasteiger partial charge in [0, 0.05) is 22.5 Å². The second-order valence-electron chi connectivity index (χ2n) is 6.01. The molecule has 1 aromatic heterocycles. The Kier molecular flexibility index (Phi) is 3.36. The maximum absolute atomic E-state index is 6.30. The highest BCUT2D eigenvalue weighted by Crippen LogP contribution is 2.45. The Balaban J connectivity index is 2.19. The first kappa shape index (κ1) is 13.7. The van der Waals surface area contributed by atoms with Crippen LogP contribution < -0.4 is 5.73 Å². The number of hydrogen-bond donors (Lipinski definition) is 1. The highest BCUT2D eigenvalue weighted by atomic mass is 79.9. The number of hydrogen-bond acceptors (Lipinski definition) is 2. The van der Waals surface area contributed by atoms with E-state index in [1.807, 2.05) is 23.9 Å². The molecular weight excluding hydrogens is 314 g/mol. The Morgan fingerprint density at radius 1 is 1.30 bits per heavy atom. The number of aromatic nitrogens is 2. The van der Waals surface area contributed by atoms with Crippen molar-refractivity contribution >= 4 is 21.7 Å². The first-order valence-electron chi connectivity index (χ1n) is 7.10. The lowest BCUT2D eigenvalue weighted by molar-refractivity contribution is 0.469. The van der Waals surface area contributed by atoms with Crippen molar-refractivity contribution in [3.63, 3.8) is 0 Å². The fourth-order valence-corrected chi connectivity index (χ4v) is 3.68. The molecule has 1 saturated carbocycles. The first-order chi connectivity index (χ1) is 9.51. The molecule has 0 saturated heterocycles. The van der Waals surface area contributed by atoms with Crippen molar-refractivity contribution in [2.75, 3.05) is 5.73 Å². The van der Waals surface area contributed by atoms with Crippen molar-refractivity contribution < 1.29 is 0 Å². The number of nitrogen functional groups attached to an aromatic ring is 1. The smallest absolute Gasteiger partial charge is 0.129 e. The predicted octanol–water partition coefficient (Wildman–Crippen LogP) is 4.26. The summed E-state index contributed by atoms with van der Waals surface area (Å²) in [6.45, 7) is 2.32. The molecule has 0 bridgehead atoms. The fraction of sp³-hybridized carbons (Fsp3) is 0.438. The standard InChI is InChI=1S/C16H20BrN3/c1-16(8-3-4-9-16)14-13(15(18)20(2)19-14)11-6-5-7-12(17)10-11/h5-7,10H,3-4,8-9,18H2,1-2H3. The number of nitrogens with two attached hydrogens (primary N) is 1. The van der Waals surface area contributed by atoms with Crippen LogP contribution in [0.5, 0.6) is 0 Å². The summed E-state index contributed by atoms with van der Waals surface area (Å²) in [5, 5.41) is 4.75. The summed E-state index contributed by atoms with van der Waals surface area (Å²) in [5.41, 5.74) is 9.87. The maximum Gasteiger partial charge on any atom is 0.129 e. The molecule has 0 unspecified atom stereocenters. The van der Waals surface area contributed by atoms with Crippen LogP contribution in [0.3, 0.4) is 0 Å². The minimum atomic E-state index is 0.160. The largest absolute Gasteiger partial charge is 0.383 e. The zero-order valence-corrected chi connectivity index (χ0v) is 13.6. The van der Waals surface area contributed by atoms with E-state index in [0.29, 0.717) is 0 Å². The van der Waals surface area contributed by atoms with Crippen LogP contribution in [0.2, 0.25) is 0 Å². The Morgan fingerprint density at radius 2 is 2.00 bits per heavy atom. The lowest BCUT2D eigenvalue weighted by atomic mass is 9.81. The topological polar surface area (TPSA) is 43.8 Å². The van der Waals surface area contributed by atoms with Crippen LogP contribution in [0.25, 0.3) is 11.1 Å². The van der Waals surface area contributed by atoms with E-state index >= 15 is 0 Å². The normalized spacial score (nSPS) is 17.6. The van der Waals surface area contributed by atoms with E-state index in [4.69, 9.17) is 10.8 Å². The van der Waals surface area contributed by atoms with Crippen LogP contribution in [0.1, 0.15) is 38.3 Å². The highest BCUT2D eigenvalue weighted by Gasteiger charge is 2.36. The number of aryl methyl sites for hydroxylation is 1. The van der Waals surface area contributed by atoms with Gasteiger partial charge in [-0.15, -0.1) is 0 Å². The van der Waals surface area contributed by atoms with Gasteiger partial charge >= 0.3 is 0 Å². The summed E-state index contributed by atoms with van der Waals surface area (Å²) < 4.78 is 2.88. The summed E-state index contributed by atoms with van der Waals surface area (Å²) in [6.07, 6.45) is 4.96. The minimum Gasteiger partial charge on any atom is -0.383 e. The zero-order valence-electron chi connectivity index (χ0n) is 12.0. The summed E-state index contributed by atoms with van der Waals surface area (Å²) in [7, 11) is 1.93. The van der Waals surface area contributed by atoms with Crippen LogP contribution in [0.4, 0.5) is 5.82 Å². The van der Waals surface area contributed by atoms with Gasteiger partial charge in [-0.25, -0.2) is 0 Å². The van der Waals surface area contributed by atoms with E-state index in [0.717, 1.165) is 27.1 Å². The molecule has 2 N–H and O–H groups in total. The monoisotopic (exact) mass is 333 g/mol. The molecule has 0 amide bonds. The summed E-state index contributed by atoms with van der Waals surface area (Å²) >= 11 is 3.54. The molecule has 3 nitrogen and oxygen atoms in total. The third-order valence-corrected chi connectivity index (χ3v) is 4.98. The van der Waals surface area contributed by atoms with Gasteiger partial charge in [-0.05, 0) is 30.5 Å². The van der Waals surface area contributed by atoms with Gasteiger partial charge in [0.25, 0.3) is 0 Å². The van der Waals surface area contributed by atoms with Crippen LogP contribution in [0.15, 0.2) is 28.7 Å². The quantitative estimate of drug-likeness (QED) is 0.892. The van der Waals surface area contributed by atoms with Gasteiger partial charge in [0.1, 0.15) is 5.82 Å². The molecule has 20 heavy (non-hydrogen) atoms. The van der Waals surface area contributed by atoms with Crippen LogP contribution in [-0.4, -0.2) is 9.78 Å². The van der Waals surface area contributed by atoms with E-state index in [-0.39, 0.29) is 5.41 Å². The fourth-order valence-electron chi connectivity index (χ4n) is 3.28. The molecule has 0 radical (unpaired) electrons. The summed E-state index contributed by atoms with van der Waals surface area (Å²) in [4.78, 5) is 0. The average Bonchev–Trinajstić information content (AvgIpc) is 2.97. The van der Waals surface area contributed by atoms with Gasteiger partial charge in [-0.2, -0.15) is 5.10 Å². The van der Waals surface area contributed by atoms with Crippen LogP contribution in [0, 0.1) is 0 Å². The molecule has 4 heteroatoms. The SMILES string of the molecule is Cn1nc(C2(C)CCCC2)c(-c2cccc(Br)c2)c1N. The molecular formula is C16H20BrN3. The van der Waals surface area contributed by atoms with Gasteiger partial charge in [0.05, 0.1) is 5.69 Å². The molecule has 1 aliphatic carbocycles. The Hall–Kier alpha value is -1.29. The maximum atomic E-state index is 6.30. The van der Waals surface area contributed by atoms with Gasteiger partial charge in [0.15, 0.2) is 0 Å². The lowest BCUT2D eigenvalue weighted by Gasteiger charge is -2.22. The van der Waals surface area contributed by atoms with Gasteiger partial charge in [-0.1, -0.05) is 47.8 Å². The third-order valence-electron chi connectivity index (χ3n) is 4.48. The zero-order chi connectivity index (χ0) is 14.3. The summed E-state index contributed by atoms with van der Waals surface area (Å²) in [6, 6.07) is 8.31. The first-order valence-corrected chi connectivity index (χ1v) is 7.89. The number of halogens is 1. The Bertz CT molecular complexity index is 639. The van der Waals surface area contributed by atoms with E-state index in [9.17, 15) is 0 Å². The second kappa shape index (κ2) is 4.92. The van der Waals surface area contributed by atoms with E-state index in [2.05, 4.69) is 35.0 Å². The number of rotatable bonds is 2. The van der Waals surface area contributed by atoms with Crippen LogP contribution in [-0.2, 0) is 12.5 Å². The number of nitrogens with zero attached hydrogens (tertiary/aromatic N) is 2. The molecule has 2 aromatic rings. The number of anilines is 1. The van der Waals surface area contributed by atoms with Crippen molar-refractivity contribution in [1.29, 1.82) is 0 Å². The average molecular weight is 334 g/mol. The Morgan fingerprint density at radius 3 is 2.65 bits per heavy atom. The van der Waals surface area contributed by atoms with Crippen molar-refractivity contribution in [3.8, 4) is 11.1 Å². The van der Waals surface area contributed by atoms with E-state index < -0.39 is 0 Å². The van der Waals surface area contributed by atoms with Crippen LogP contribution >= 0.6 is 15.9 Å². The van der Waals surface area contributed by atoms with E-state index in [1.54, 1.807) is 0 Å². The van der Waals surface area contributed by atoms with Crippen molar-refractivity contribution in [2.45, 2.75) is 38.0 Å². The van der Waals surface area contributed by atoms with Crippen molar-refractivity contribution in [1.82, 2.24) is 9.78 Å². The molecule has 3 rings (SSSR count). The number of benzene rings is 1. The molecule has 0 atom stereocenters. The molecule has 1 heterocycles. The van der Waals surface area contributed by atoms with Crippen molar-refractivity contribution in [3.05, 3.63) is 34.4 Å². The molecule has 1 fully saturated rings. The molecule has 0 aliphatic heterocycles. The Labute approximate surface area is 128 Å². The van der Waals surface area contributed by atoms with Crippen molar-refractivity contribution in [2.24, 2.45) is 7.05 Å². The molecule has 0 spiro atoms. The van der Waals surface area contributed by atoms with E-state index in [1.165, 1.54) is 25.7 Å². The molecule has 106 valence electrons. The lowest BCUT2D eigenvalue weighted by Crippen LogP contribution is -2.19. The molecule has 1 aliphatic rings.